The highest BCUT2D eigenvalue weighted by Crippen LogP contribution is 2.26. The van der Waals surface area contributed by atoms with E-state index in [0.29, 0.717) is 26.2 Å². The number of rotatable bonds is 5. The zero-order chi connectivity index (χ0) is 22.7. The van der Waals surface area contributed by atoms with E-state index in [2.05, 4.69) is 4.99 Å². The maximum Gasteiger partial charge on any atom is 0.338 e. The quantitative estimate of drug-likeness (QED) is 0.561. The van der Waals surface area contributed by atoms with Gasteiger partial charge in [0.15, 0.2) is 4.80 Å². The van der Waals surface area contributed by atoms with Gasteiger partial charge in [0, 0.05) is 5.56 Å². The Balaban J connectivity index is 1.89. The van der Waals surface area contributed by atoms with Crippen LogP contribution in [0.3, 0.4) is 0 Å². The van der Waals surface area contributed by atoms with E-state index in [-0.39, 0.29) is 12.2 Å². The van der Waals surface area contributed by atoms with Crippen molar-refractivity contribution in [1.29, 1.82) is 0 Å². The first kappa shape index (κ1) is 21.6. The lowest BCUT2D eigenvalue weighted by Crippen LogP contribution is -2.38. The zero-order valence-electron chi connectivity index (χ0n) is 17.6. The molecule has 0 aliphatic carbocycles. The Morgan fingerprint density at radius 2 is 1.91 bits per heavy atom. The zero-order valence-corrected chi connectivity index (χ0v) is 18.4. The predicted molar refractivity (Wildman–Crippen MR) is 123 cm³/mol. The van der Waals surface area contributed by atoms with Crippen LogP contribution in [0.15, 0.2) is 81.7 Å². The van der Waals surface area contributed by atoms with Gasteiger partial charge in [0.2, 0.25) is 0 Å². The van der Waals surface area contributed by atoms with Crippen LogP contribution in [-0.4, -0.2) is 17.1 Å². The Morgan fingerprint density at radius 3 is 2.62 bits per heavy atom. The van der Waals surface area contributed by atoms with E-state index in [1.165, 1.54) is 16.7 Å². The van der Waals surface area contributed by atoms with Gasteiger partial charge in [-0.05, 0) is 31.6 Å². The third-order valence-electron chi connectivity index (χ3n) is 5.02. The minimum absolute atomic E-state index is 0.211. The van der Waals surface area contributed by atoms with Gasteiger partial charge in [-0.2, -0.15) is 0 Å². The summed E-state index contributed by atoms with van der Waals surface area (Å²) in [6, 6.07) is 15.2. The summed E-state index contributed by atoms with van der Waals surface area (Å²) in [6.45, 7) is 3.66. The number of hydrogen-bond donors (Lipinski definition) is 0. The molecular formula is C25H21FN2O3S. The highest BCUT2D eigenvalue weighted by molar-refractivity contribution is 7.07. The van der Waals surface area contributed by atoms with Gasteiger partial charge < -0.3 is 4.74 Å². The van der Waals surface area contributed by atoms with Crippen LogP contribution in [0.5, 0.6) is 0 Å². The van der Waals surface area contributed by atoms with Crippen molar-refractivity contribution in [3.8, 4) is 0 Å². The summed E-state index contributed by atoms with van der Waals surface area (Å²) in [5.74, 6) is -0.929. The first-order valence-electron chi connectivity index (χ1n) is 10.2. The fourth-order valence-corrected chi connectivity index (χ4v) is 4.56. The molecular weight excluding hydrogens is 427 g/mol. The van der Waals surface area contributed by atoms with Gasteiger partial charge in [-0.15, -0.1) is 0 Å². The van der Waals surface area contributed by atoms with E-state index >= 15 is 0 Å². The van der Waals surface area contributed by atoms with E-state index in [4.69, 9.17) is 4.74 Å². The standard InChI is InChI=1S/C25H21FN2O3S/c1-3-31-24(30)22-16(2)27-25-28(20(22)14-13-17-9-5-4-6-10-17)23(29)21(32-25)15-18-11-7-8-12-19(18)26/h4-15,20H,3H2,1-2H3/b14-13-,21-15+. The van der Waals surface area contributed by atoms with Crippen molar-refractivity contribution in [2.24, 2.45) is 4.99 Å². The number of carbonyl (C=O) groups is 1. The molecule has 1 aromatic heterocycles. The van der Waals surface area contributed by atoms with Crippen molar-refractivity contribution < 1.29 is 13.9 Å². The second kappa shape index (κ2) is 9.28. The molecule has 3 aromatic rings. The van der Waals surface area contributed by atoms with Gasteiger partial charge in [0.05, 0.1) is 28.5 Å². The normalized spacial score (nSPS) is 16.2. The number of hydrogen-bond acceptors (Lipinski definition) is 5. The fraction of sp³-hybridized carbons (Fsp3) is 0.160. The summed E-state index contributed by atoms with van der Waals surface area (Å²) in [7, 11) is 0. The number of allylic oxidation sites excluding steroid dienone is 2. The van der Waals surface area contributed by atoms with Crippen molar-refractivity contribution >= 4 is 29.5 Å². The lowest BCUT2D eigenvalue weighted by Gasteiger charge is -2.21. The number of benzene rings is 2. The van der Waals surface area contributed by atoms with E-state index in [1.54, 1.807) is 38.1 Å². The third-order valence-corrected chi connectivity index (χ3v) is 6.00. The van der Waals surface area contributed by atoms with E-state index < -0.39 is 17.8 Å². The van der Waals surface area contributed by atoms with Gasteiger partial charge in [0.1, 0.15) is 5.82 Å². The average Bonchev–Trinajstić information content (AvgIpc) is 3.09. The number of thiazole rings is 1. The molecule has 1 aliphatic heterocycles. The molecule has 0 fully saturated rings. The minimum atomic E-state index is -0.687. The predicted octanol–water partition coefficient (Wildman–Crippen LogP) is 3.60. The maximum absolute atomic E-state index is 14.2. The van der Waals surface area contributed by atoms with E-state index in [1.807, 2.05) is 36.4 Å². The van der Waals surface area contributed by atoms with Crippen molar-refractivity contribution in [3.05, 3.63) is 109 Å². The lowest BCUT2D eigenvalue weighted by atomic mass is 10.0. The number of halogens is 1. The summed E-state index contributed by atoms with van der Waals surface area (Å²) >= 11 is 1.16. The molecule has 0 bridgehead atoms. The monoisotopic (exact) mass is 448 g/mol. The Labute approximate surface area is 188 Å². The summed E-state index contributed by atoms with van der Waals surface area (Å²) in [4.78, 5) is 31.0. The Hall–Kier alpha value is -3.58. The molecule has 0 saturated carbocycles. The average molecular weight is 449 g/mol. The molecule has 162 valence electrons. The van der Waals surface area contributed by atoms with Gasteiger partial charge in [-0.25, -0.2) is 14.2 Å². The van der Waals surface area contributed by atoms with Crippen LogP contribution in [0.2, 0.25) is 0 Å². The topological polar surface area (TPSA) is 60.7 Å². The van der Waals surface area contributed by atoms with Gasteiger partial charge in [-0.3, -0.25) is 9.36 Å². The van der Waals surface area contributed by atoms with Crippen molar-refractivity contribution in [1.82, 2.24) is 4.57 Å². The minimum Gasteiger partial charge on any atom is -0.463 e. The summed E-state index contributed by atoms with van der Waals surface area (Å²) in [5, 5.41) is 0. The number of nitrogens with zero attached hydrogens (tertiary/aromatic N) is 2. The summed E-state index contributed by atoms with van der Waals surface area (Å²) in [6.07, 6.45) is 5.17. The molecule has 2 aromatic carbocycles. The maximum atomic E-state index is 14.2. The van der Waals surface area contributed by atoms with Crippen LogP contribution >= 0.6 is 11.3 Å². The first-order valence-corrected chi connectivity index (χ1v) is 11.0. The second-order valence-corrected chi connectivity index (χ2v) is 8.14. The van der Waals surface area contributed by atoms with Crippen LogP contribution < -0.4 is 14.9 Å². The molecule has 0 spiro atoms. The van der Waals surface area contributed by atoms with Crippen molar-refractivity contribution in [2.45, 2.75) is 19.9 Å². The van der Waals surface area contributed by atoms with Crippen molar-refractivity contribution in [2.75, 3.05) is 6.61 Å². The molecule has 32 heavy (non-hydrogen) atoms. The third kappa shape index (κ3) is 4.24. The largest absolute Gasteiger partial charge is 0.463 e. The van der Waals surface area contributed by atoms with Crippen LogP contribution in [0.4, 0.5) is 4.39 Å². The molecule has 0 saturated heterocycles. The molecule has 2 heterocycles. The highest BCUT2D eigenvalue weighted by Gasteiger charge is 2.30. The number of fused-ring (bicyclic) bond motifs is 1. The van der Waals surface area contributed by atoms with Gasteiger partial charge >= 0.3 is 5.97 Å². The molecule has 1 aliphatic rings. The van der Waals surface area contributed by atoms with Crippen molar-refractivity contribution in [3.63, 3.8) is 0 Å². The first-order chi connectivity index (χ1) is 15.5. The van der Waals surface area contributed by atoms with Crippen LogP contribution in [0, 0.1) is 5.82 Å². The molecule has 4 rings (SSSR count). The number of aromatic nitrogens is 1. The van der Waals surface area contributed by atoms with Gasteiger partial charge in [-0.1, -0.05) is 72.0 Å². The molecule has 0 N–H and O–H groups in total. The van der Waals surface area contributed by atoms with Gasteiger partial charge in [0.25, 0.3) is 5.56 Å². The fourth-order valence-electron chi connectivity index (χ4n) is 3.52. The molecule has 5 nitrogen and oxygen atoms in total. The summed E-state index contributed by atoms with van der Waals surface area (Å²) < 4.78 is 21.2. The second-order valence-electron chi connectivity index (χ2n) is 7.14. The molecule has 0 radical (unpaired) electrons. The van der Waals surface area contributed by atoms with E-state index in [0.717, 1.165) is 16.9 Å². The smallest absolute Gasteiger partial charge is 0.338 e. The Bertz CT molecular complexity index is 1400. The number of carbonyl (C=O) groups excluding carboxylic acids is 1. The van der Waals surface area contributed by atoms with Crippen LogP contribution in [0.25, 0.3) is 12.2 Å². The Kier molecular flexibility index (Phi) is 6.28. The number of ether oxygens (including phenoxy) is 1. The number of esters is 1. The highest BCUT2D eigenvalue weighted by atomic mass is 32.1. The van der Waals surface area contributed by atoms with Crippen LogP contribution in [-0.2, 0) is 9.53 Å². The molecule has 0 amide bonds. The van der Waals surface area contributed by atoms with E-state index in [9.17, 15) is 14.0 Å². The SMILES string of the molecule is CCOC(=O)C1=C(C)N=c2s/c(=C/c3ccccc3F)c(=O)n2C1/C=C\c1ccccc1. The van der Waals surface area contributed by atoms with Crippen LogP contribution in [0.1, 0.15) is 31.0 Å². The molecule has 1 atom stereocenters. The molecule has 7 heteroatoms. The summed E-state index contributed by atoms with van der Waals surface area (Å²) in [5.41, 5.74) is 1.71. The lowest BCUT2D eigenvalue weighted by molar-refractivity contribution is -0.139. The Morgan fingerprint density at radius 1 is 1.19 bits per heavy atom. The molecule has 1 unspecified atom stereocenters.